The topological polar surface area (TPSA) is 66.6 Å². The lowest BCUT2D eigenvalue weighted by Gasteiger charge is -2.35. The molecule has 0 aliphatic carbocycles. The maximum Gasteiger partial charge on any atom is 0.253 e. The van der Waals surface area contributed by atoms with Gasteiger partial charge in [-0.25, -0.2) is 0 Å². The number of benzene rings is 2. The Balaban J connectivity index is 1.33. The molecule has 1 saturated heterocycles. The number of fused-ring (bicyclic) bond motifs is 1. The van der Waals surface area contributed by atoms with Gasteiger partial charge in [0.25, 0.3) is 5.91 Å². The van der Waals surface area contributed by atoms with E-state index in [0.29, 0.717) is 48.2 Å². The SMILES string of the molecule is O=C(c1ccc(Cl)cc1)N1CCN(c2ccc3nnc(-c4ccccc4)n3n2)CC1. The van der Waals surface area contributed by atoms with Gasteiger partial charge < -0.3 is 9.80 Å². The lowest BCUT2D eigenvalue weighted by molar-refractivity contribution is 0.0746. The Morgan fingerprint density at radius 1 is 0.833 bits per heavy atom. The number of carbonyl (C=O) groups is 1. The van der Waals surface area contributed by atoms with Crippen molar-refractivity contribution >= 4 is 29.0 Å². The van der Waals surface area contributed by atoms with Crippen LogP contribution in [0.5, 0.6) is 0 Å². The molecule has 0 N–H and O–H groups in total. The second-order valence-electron chi connectivity index (χ2n) is 7.14. The molecule has 0 bridgehead atoms. The number of amides is 1. The summed E-state index contributed by atoms with van der Waals surface area (Å²) in [6, 6.07) is 20.8. The van der Waals surface area contributed by atoms with Gasteiger partial charge in [-0.15, -0.1) is 15.3 Å². The zero-order valence-electron chi connectivity index (χ0n) is 16.1. The predicted octanol–water partition coefficient (Wildman–Crippen LogP) is 3.41. The minimum absolute atomic E-state index is 0.0277. The lowest BCUT2D eigenvalue weighted by atomic mass is 10.2. The number of carbonyl (C=O) groups excluding carboxylic acids is 1. The fraction of sp³-hybridized carbons (Fsp3) is 0.182. The highest BCUT2D eigenvalue weighted by atomic mass is 35.5. The largest absolute Gasteiger partial charge is 0.352 e. The lowest BCUT2D eigenvalue weighted by Crippen LogP contribution is -2.49. The van der Waals surface area contributed by atoms with Crippen LogP contribution in [0.3, 0.4) is 0 Å². The van der Waals surface area contributed by atoms with E-state index in [0.717, 1.165) is 11.4 Å². The molecule has 0 saturated carbocycles. The van der Waals surface area contributed by atoms with E-state index in [1.807, 2.05) is 47.4 Å². The molecule has 0 radical (unpaired) electrons. The number of nitrogens with zero attached hydrogens (tertiary/aromatic N) is 6. The van der Waals surface area contributed by atoms with Crippen LogP contribution in [0, 0.1) is 0 Å². The minimum atomic E-state index is 0.0277. The molecule has 0 atom stereocenters. The molecule has 0 spiro atoms. The second kappa shape index (κ2) is 7.76. The monoisotopic (exact) mass is 418 g/mol. The number of piperazine rings is 1. The molecule has 2 aromatic heterocycles. The predicted molar refractivity (Wildman–Crippen MR) is 116 cm³/mol. The van der Waals surface area contributed by atoms with Crippen molar-refractivity contribution in [2.75, 3.05) is 31.1 Å². The maximum absolute atomic E-state index is 12.7. The Hall–Kier alpha value is -3.45. The molecule has 7 nitrogen and oxygen atoms in total. The summed E-state index contributed by atoms with van der Waals surface area (Å²) in [5.74, 6) is 1.59. The smallest absolute Gasteiger partial charge is 0.253 e. The zero-order valence-corrected chi connectivity index (χ0v) is 16.9. The molecule has 1 fully saturated rings. The van der Waals surface area contributed by atoms with Gasteiger partial charge in [0, 0.05) is 42.3 Å². The summed E-state index contributed by atoms with van der Waals surface area (Å²) in [6.07, 6.45) is 0. The Morgan fingerprint density at radius 2 is 1.57 bits per heavy atom. The Bertz CT molecular complexity index is 1180. The van der Waals surface area contributed by atoms with Crippen LogP contribution >= 0.6 is 11.6 Å². The molecule has 2 aromatic carbocycles. The third kappa shape index (κ3) is 3.48. The van der Waals surface area contributed by atoms with Crippen LogP contribution < -0.4 is 4.90 Å². The molecule has 3 heterocycles. The van der Waals surface area contributed by atoms with Gasteiger partial charge in [-0.2, -0.15) is 4.52 Å². The quantitative estimate of drug-likeness (QED) is 0.510. The normalized spacial score (nSPS) is 14.3. The molecule has 5 rings (SSSR count). The molecular formula is C22H19ClN6O. The molecule has 30 heavy (non-hydrogen) atoms. The van der Waals surface area contributed by atoms with Crippen molar-refractivity contribution in [3.05, 3.63) is 77.3 Å². The van der Waals surface area contributed by atoms with Gasteiger partial charge in [0.1, 0.15) is 5.82 Å². The number of halogens is 1. The van der Waals surface area contributed by atoms with E-state index in [1.165, 1.54) is 0 Å². The first-order chi connectivity index (χ1) is 14.7. The fourth-order valence-corrected chi connectivity index (χ4v) is 3.75. The summed E-state index contributed by atoms with van der Waals surface area (Å²) in [5, 5.41) is 13.9. The van der Waals surface area contributed by atoms with Gasteiger partial charge in [-0.05, 0) is 36.4 Å². The summed E-state index contributed by atoms with van der Waals surface area (Å²) >= 11 is 5.92. The van der Waals surface area contributed by atoms with Crippen LogP contribution in [0.2, 0.25) is 5.02 Å². The van der Waals surface area contributed by atoms with Crippen molar-refractivity contribution in [2.24, 2.45) is 0 Å². The van der Waals surface area contributed by atoms with Gasteiger partial charge >= 0.3 is 0 Å². The maximum atomic E-state index is 12.7. The van der Waals surface area contributed by atoms with Gasteiger partial charge in [-0.1, -0.05) is 41.9 Å². The van der Waals surface area contributed by atoms with E-state index in [9.17, 15) is 4.79 Å². The Labute approximate surface area is 178 Å². The van der Waals surface area contributed by atoms with Gasteiger partial charge in [-0.3, -0.25) is 4.79 Å². The average Bonchev–Trinajstić information content (AvgIpc) is 3.23. The van der Waals surface area contributed by atoms with Crippen molar-refractivity contribution in [2.45, 2.75) is 0 Å². The van der Waals surface area contributed by atoms with E-state index in [1.54, 1.807) is 28.8 Å². The summed E-state index contributed by atoms with van der Waals surface area (Å²) in [6.45, 7) is 2.69. The number of anilines is 1. The van der Waals surface area contributed by atoms with E-state index in [4.69, 9.17) is 16.7 Å². The summed E-state index contributed by atoms with van der Waals surface area (Å²) in [5.41, 5.74) is 2.33. The summed E-state index contributed by atoms with van der Waals surface area (Å²) < 4.78 is 1.77. The number of aromatic nitrogens is 4. The molecule has 1 aliphatic rings. The van der Waals surface area contributed by atoms with Gasteiger partial charge in [0.15, 0.2) is 11.5 Å². The highest BCUT2D eigenvalue weighted by molar-refractivity contribution is 6.30. The third-order valence-corrected chi connectivity index (χ3v) is 5.51. The van der Waals surface area contributed by atoms with Crippen molar-refractivity contribution in [1.29, 1.82) is 0 Å². The van der Waals surface area contributed by atoms with Crippen molar-refractivity contribution in [1.82, 2.24) is 24.7 Å². The molecule has 4 aromatic rings. The van der Waals surface area contributed by atoms with Crippen molar-refractivity contribution in [3.8, 4) is 11.4 Å². The van der Waals surface area contributed by atoms with Crippen LogP contribution in [0.15, 0.2) is 66.7 Å². The number of hydrogen-bond donors (Lipinski definition) is 0. The average molecular weight is 419 g/mol. The number of rotatable bonds is 3. The molecular weight excluding hydrogens is 400 g/mol. The van der Waals surface area contributed by atoms with Crippen LogP contribution in [0.25, 0.3) is 17.0 Å². The first kappa shape index (κ1) is 18.6. The standard InChI is InChI=1S/C22H19ClN6O/c23-18-8-6-17(7-9-18)22(30)28-14-12-27(13-15-28)20-11-10-19-24-25-21(29(19)26-20)16-4-2-1-3-5-16/h1-11H,12-15H2. The minimum Gasteiger partial charge on any atom is -0.352 e. The molecule has 1 aliphatic heterocycles. The van der Waals surface area contributed by atoms with E-state index in [2.05, 4.69) is 15.1 Å². The van der Waals surface area contributed by atoms with E-state index >= 15 is 0 Å². The summed E-state index contributed by atoms with van der Waals surface area (Å²) in [4.78, 5) is 16.8. The first-order valence-corrected chi connectivity index (χ1v) is 10.1. The van der Waals surface area contributed by atoms with E-state index in [-0.39, 0.29) is 5.91 Å². The molecule has 8 heteroatoms. The van der Waals surface area contributed by atoms with Crippen LogP contribution in [-0.2, 0) is 0 Å². The van der Waals surface area contributed by atoms with Gasteiger partial charge in [0.05, 0.1) is 0 Å². The summed E-state index contributed by atoms with van der Waals surface area (Å²) in [7, 11) is 0. The fourth-order valence-electron chi connectivity index (χ4n) is 3.63. The van der Waals surface area contributed by atoms with Crippen molar-refractivity contribution < 1.29 is 4.79 Å². The Morgan fingerprint density at radius 3 is 2.30 bits per heavy atom. The second-order valence-corrected chi connectivity index (χ2v) is 7.57. The van der Waals surface area contributed by atoms with Crippen LogP contribution in [0.4, 0.5) is 5.82 Å². The molecule has 1 amide bonds. The van der Waals surface area contributed by atoms with Crippen LogP contribution in [-0.4, -0.2) is 56.8 Å². The number of hydrogen-bond acceptors (Lipinski definition) is 5. The van der Waals surface area contributed by atoms with E-state index < -0.39 is 0 Å². The molecule has 0 unspecified atom stereocenters. The highest BCUT2D eigenvalue weighted by Crippen LogP contribution is 2.21. The zero-order chi connectivity index (χ0) is 20.5. The van der Waals surface area contributed by atoms with Gasteiger partial charge in [0.2, 0.25) is 0 Å². The molecule has 150 valence electrons. The van der Waals surface area contributed by atoms with Crippen molar-refractivity contribution in [3.63, 3.8) is 0 Å². The highest BCUT2D eigenvalue weighted by Gasteiger charge is 2.23. The Kier molecular flexibility index (Phi) is 4.80. The van der Waals surface area contributed by atoms with Crippen LogP contribution in [0.1, 0.15) is 10.4 Å². The first-order valence-electron chi connectivity index (χ1n) is 9.77. The third-order valence-electron chi connectivity index (χ3n) is 5.26.